The fraction of sp³-hybridized carbons (Fsp3) is 0.263. The van der Waals surface area contributed by atoms with Crippen molar-refractivity contribution < 1.29 is 13.7 Å². The third-order valence-corrected chi connectivity index (χ3v) is 4.45. The van der Waals surface area contributed by atoms with Crippen molar-refractivity contribution in [3.05, 3.63) is 58.1 Å². The second-order valence-electron chi connectivity index (χ2n) is 5.56. The van der Waals surface area contributed by atoms with E-state index in [1.54, 1.807) is 29.6 Å². The minimum atomic E-state index is 0.0711. The molecule has 3 rings (SSSR count). The Labute approximate surface area is 166 Å². The number of nitrogens with one attached hydrogen (secondary N) is 1. The van der Waals surface area contributed by atoms with Crippen LogP contribution < -0.4 is 10.1 Å². The second kappa shape index (κ2) is 11.0. The molecule has 0 aromatic heterocycles. The summed E-state index contributed by atoms with van der Waals surface area (Å²) in [4.78, 5) is 11.2. The van der Waals surface area contributed by atoms with Crippen molar-refractivity contribution in [2.24, 2.45) is 0 Å². The first kappa shape index (κ1) is 20.5. The van der Waals surface area contributed by atoms with Crippen LogP contribution in [0.4, 0.5) is 5.69 Å². The number of amides is 1. The molecule has 0 saturated heterocycles. The Balaban J connectivity index is 0.000000254. The average Bonchev–Trinajstić information content (AvgIpc) is 2.64. The molecule has 0 spiro atoms. The highest BCUT2D eigenvalue weighted by Crippen LogP contribution is 2.26. The number of ether oxygens (including phenoxy) is 1. The number of halogens is 2. The van der Waals surface area contributed by atoms with E-state index in [-0.39, 0.29) is 5.91 Å². The van der Waals surface area contributed by atoms with Gasteiger partial charge in [-0.1, -0.05) is 23.2 Å². The highest BCUT2D eigenvalue weighted by atomic mass is 35.5. The Morgan fingerprint density at radius 3 is 2.42 bits per heavy atom. The number of carbonyl (C=O) groups is 1. The van der Waals surface area contributed by atoms with Gasteiger partial charge in [-0.05, 0) is 67.3 Å². The molecule has 2 aromatic carbocycles. The number of unbranched alkanes of at least 4 members (excludes halogenated alkanes) is 1. The van der Waals surface area contributed by atoms with Gasteiger partial charge in [0, 0.05) is 27.5 Å². The van der Waals surface area contributed by atoms with Crippen LogP contribution in [0.2, 0.25) is 10.0 Å². The summed E-state index contributed by atoms with van der Waals surface area (Å²) < 4.78 is 15.7. The van der Waals surface area contributed by atoms with Crippen LogP contribution in [0.1, 0.15) is 24.8 Å². The number of fused-ring (bicyclic) bond motifs is 1. The van der Waals surface area contributed by atoms with Gasteiger partial charge in [-0.3, -0.25) is 4.79 Å². The molecule has 0 saturated carbocycles. The van der Waals surface area contributed by atoms with Crippen LogP contribution >= 0.6 is 23.2 Å². The van der Waals surface area contributed by atoms with Crippen LogP contribution in [0.5, 0.6) is 5.75 Å². The lowest BCUT2D eigenvalue weighted by Crippen LogP contribution is -2.18. The third-order valence-electron chi connectivity index (χ3n) is 3.58. The minimum absolute atomic E-state index is 0.0711. The number of hydrogen-bond acceptors (Lipinski definition) is 3. The average molecular weight is 412 g/mol. The van der Waals surface area contributed by atoms with Crippen LogP contribution in [-0.4, -0.2) is 22.1 Å². The molecule has 1 aliphatic heterocycles. The second-order valence-corrected chi connectivity index (χ2v) is 6.96. The molecule has 0 bridgehead atoms. The zero-order valence-electron chi connectivity index (χ0n) is 14.0. The number of aryl methyl sites for hydroxylation is 1. The SMILES string of the molecule is Clc1ccc(Cl)cc1.O=S=CCCCOc1ccc2c(c1)CCC(=O)N2. The summed E-state index contributed by atoms with van der Waals surface area (Å²) in [5, 5.41) is 5.90. The van der Waals surface area contributed by atoms with Gasteiger partial charge in [0.1, 0.15) is 5.75 Å². The van der Waals surface area contributed by atoms with E-state index in [1.165, 1.54) is 0 Å². The molecule has 26 heavy (non-hydrogen) atoms. The van der Waals surface area contributed by atoms with Gasteiger partial charge in [0.05, 0.1) is 17.9 Å². The molecule has 1 heterocycles. The van der Waals surface area contributed by atoms with Crippen molar-refractivity contribution in [1.29, 1.82) is 0 Å². The lowest BCUT2D eigenvalue weighted by Gasteiger charge is -2.17. The van der Waals surface area contributed by atoms with E-state index in [0.717, 1.165) is 46.3 Å². The van der Waals surface area contributed by atoms with Gasteiger partial charge >= 0.3 is 0 Å². The smallest absolute Gasteiger partial charge is 0.224 e. The van der Waals surface area contributed by atoms with E-state index in [4.69, 9.17) is 27.9 Å². The zero-order valence-corrected chi connectivity index (χ0v) is 16.4. The Morgan fingerprint density at radius 1 is 1.08 bits per heavy atom. The number of anilines is 1. The van der Waals surface area contributed by atoms with E-state index in [9.17, 15) is 9.00 Å². The monoisotopic (exact) mass is 411 g/mol. The summed E-state index contributed by atoms with van der Waals surface area (Å²) in [5.74, 6) is 0.890. The van der Waals surface area contributed by atoms with Crippen LogP contribution in [-0.2, 0) is 22.5 Å². The van der Waals surface area contributed by atoms with Crippen LogP contribution in [0.3, 0.4) is 0 Å². The fourth-order valence-corrected chi connectivity index (χ4v) is 2.80. The maximum atomic E-state index is 11.2. The Morgan fingerprint density at radius 2 is 1.77 bits per heavy atom. The van der Waals surface area contributed by atoms with E-state index in [0.29, 0.717) is 24.3 Å². The molecule has 138 valence electrons. The maximum absolute atomic E-state index is 11.2. The van der Waals surface area contributed by atoms with Gasteiger partial charge in [0.2, 0.25) is 5.91 Å². The first-order chi connectivity index (χ1) is 12.6. The molecule has 0 radical (unpaired) electrons. The van der Waals surface area contributed by atoms with Crippen LogP contribution in [0.25, 0.3) is 0 Å². The van der Waals surface area contributed by atoms with Crippen molar-refractivity contribution in [2.75, 3.05) is 11.9 Å². The molecule has 1 N–H and O–H groups in total. The van der Waals surface area contributed by atoms with Gasteiger partial charge < -0.3 is 10.1 Å². The summed E-state index contributed by atoms with van der Waals surface area (Å²) in [7, 11) is 0. The molecular weight excluding hydrogens is 393 g/mol. The highest BCUT2D eigenvalue weighted by molar-refractivity contribution is 7.64. The summed E-state index contributed by atoms with van der Waals surface area (Å²) >= 11 is 11.6. The van der Waals surface area contributed by atoms with Crippen LogP contribution in [0.15, 0.2) is 42.5 Å². The van der Waals surface area contributed by atoms with Crippen molar-refractivity contribution in [1.82, 2.24) is 0 Å². The summed E-state index contributed by atoms with van der Waals surface area (Å²) in [6.07, 6.45) is 2.89. The maximum Gasteiger partial charge on any atom is 0.224 e. The molecule has 0 unspecified atom stereocenters. The van der Waals surface area contributed by atoms with E-state index in [1.807, 2.05) is 18.2 Å². The lowest BCUT2D eigenvalue weighted by molar-refractivity contribution is -0.116. The van der Waals surface area contributed by atoms with Crippen molar-refractivity contribution >= 4 is 51.4 Å². The van der Waals surface area contributed by atoms with Crippen molar-refractivity contribution in [3.8, 4) is 5.75 Å². The van der Waals surface area contributed by atoms with Gasteiger partial charge in [0.15, 0.2) is 0 Å². The quantitative estimate of drug-likeness (QED) is 0.570. The number of rotatable bonds is 5. The van der Waals surface area contributed by atoms with Gasteiger partial charge in [0.25, 0.3) is 0 Å². The predicted molar refractivity (Wildman–Crippen MR) is 109 cm³/mol. The molecule has 0 fully saturated rings. The Hall–Kier alpha value is -1.82. The summed E-state index contributed by atoms with van der Waals surface area (Å²) in [6, 6.07) is 12.7. The predicted octanol–water partition coefficient (Wildman–Crippen LogP) is 4.74. The van der Waals surface area contributed by atoms with Crippen LogP contribution in [0, 0.1) is 0 Å². The fourth-order valence-electron chi connectivity index (χ4n) is 2.28. The third kappa shape index (κ3) is 7.20. The molecule has 1 amide bonds. The Bertz CT molecular complexity index is 769. The topological polar surface area (TPSA) is 55.4 Å². The standard InChI is InChI=1S/C13H15NO3S.C6H4Cl2/c15-13-6-3-10-9-11(4-5-12(10)14-13)17-7-1-2-8-18-16;7-5-1-2-6(8)4-3-5/h4-5,8-9H,1-3,6-7H2,(H,14,15);1-4H. The molecule has 0 aliphatic carbocycles. The van der Waals surface area contributed by atoms with Gasteiger partial charge in [-0.2, -0.15) is 0 Å². The largest absolute Gasteiger partial charge is 0.494 e. The first-order valence-electron chi connectivity index (χ1n) is 8.15. The summed E-state index contributed by atoms with van der Waals surface area (Å²) in [6.45, 7) is 0.599. The highest BCUT2D eigenvalue weighted by Gasteiger charge is 2.14. The molecule has 4 nitrogen and oxygen atoms in total. The Kier molecular flexibility index (Phi) is 8.68. The number of carbonyl (C=O) groups excluding carboxylic acids is 1. The molecule has 0 atom stereocenters. The molecule has 2 aromatic rings. The van der Waals surface area contributed by atoms with Crippen molar-refractivity contribution in [2.45, 2.75) is 25.7 Å². The first-order valence-corrected chi connectivity index (χ1v) is 9.71. The number of benzene rings is 2. The van der Waals surface area contributed by atoms with Gasteiger partial charge in [-0.25, -0.2) is 4.21 Å². The zero-order chi connectivity index (χ0) is 18.8. The van der Waals surface area contributed by atoms with E-state index < -0.39 is 0 Å². The normalized spacial score (nSPS) is 12.2. The van der Waals surface area contributed by atoms with E-state index in [2.05, 4.69) is 5.32 Å². The summed E-state index contributed by atoms with van der Waals surface area (Å²) in [5.41, 5.74) is 2.00. The minimum Gasteiger partial charge on any atom is -0.494 e. The number of hydrogen-bond donors (Lipinski definition) is 1. The van der Waals surface area contributed by atoms with Gasteiger partial charge in [-0.15, -0.1) is 0 Å². The molecule has 7 heteroatoms. The molecular formula is C19H19Cl2NO3S. The lowest BCUT2D eigenvalue weighted by atomic mass is 10.0. The molecule has 1 aliphatic rings. The van der Waals surface area contributed by atoms with Crippen molar-refractivity contribution in [3.63, 3.8) is 0 Å². The van der Waals surface area contributed by atoms with E-state index >= 15 is 0 Å².